The van der Waals surface area contributed by atoms with Gasteiger partial charge in [-0.3, -0.25) is 0 Å². The maximum Gasteiger partial charge on any atom is 0.210 e. The Hall–Kier alpha value is -2.48. The van der Waals surface area contributed by atoms with Crippen molar-refractivity contribution < 1.29 is 4.70 Å². The van der Waals surface area contributed by atoms with Crippen molar-refractivity contribution >= 4 is 11.4 Å². The van der Waals surface area contributed by atoms with Crippen molar-refractivity contribution in [2.75, 3.05) is 0 Å². The van der Waals surface area contributed by atoms with Crippen LogP contribution in [0.1, 0.15) is 123 Å². The first-order valence-electron chi connectivity index (χ1n) is 14.5. The van der Waals surface area contributed by atoms with E-state index in [4.69, 9.17) is 0 Å². The van der Waals surface area contributed by atoms with Crippen LogP contribution in [-0.2, 0) is 12.8 Å². The Balaban J connectivity index is 1.96. The van der Waals surface area contributed by atoms with Gasteiger partial charge >= 0.3 is 0 Å². The zero-order chi connectivity index (χ0) is 26.2. The summed E-state index contributed by atoms with van der Waals surface area (Å²) in [4.78, 5) is 0. The molecule has 0 atom stereocenters. The van der Waals surface area contributed by atoms with Gasteiger partial charge in [-0.05, 0) is 124 Å². The van der Waals surface area contributed by atoms with Crippen molar-refractivity contribution in [2.45, 2.75) is 119 Å². The van der Waals surface area contributed by atoms with Crippen LogP contribution in [0, 0.1) is 27.7 Å². The highest BCUT2D eigenvalue weighted by molar-refractivity contribution is 5.79. The smallest absolute Gasteiger partial charge is 0.210 e. The number of allylic oxidation sites excluding steroid dienone is 2. The van der Waals surface area contributed by atoms with Crippen molar-refractivity contribution in [2.24, 2.45) is 0 Å². The van der Waals surface area contributed by atoms with Gasteiger partial charge in [0.15, 0.2) is 0 Å². The fraction of sp³-hybridized carbons (Fsp3) is 0.529. The molecule has 1 aliphatic heterocycles. The molecule has 0 fully saturated rings. The highest BCUT2D eigenvalue weighted by Crippen LogP contribution is 2.39. The molecule has 1 aliphatic rings. The summed E-state index contributed by atoms with van der Waals surface area (Å²) in [7, 11) is 0. The quantitative estimate of drug-likeness (QED) is 0.199. The fourth-order valence-electron chi connectivity index (χ4n) is 5.79. The van der Waals surface area contributed by atoms with Gasteiger partial charge in [-0.25, -0.2) is 4.70 Å². The van der Waals surface area contributed by atoms with E-state index in [2.05, 4.69) is 78.8 Å². The van der Waals surface area contributed by atoms with Crippen LogP contribution in [0.15, 0.2) is 35.9 Å². The molecule has 0 spiro atoms. The van der Waals surface area contributed by atoms with E-state index in [-0.39, 0.29) is 0 Å². The van der Waals surface area contributed by atoms with E-state index in [0.717, 1.165) is 54.6 Å². The number of aryl methyl sites for hydroxylation is 4. The van der Waals surface area contributed by atoms with Gasteiger partial charge in [-0.15, -0.1) is 0 Å². The Bertz CT molecular complexity index is 1100. The zero-order valence-corrected chi connectivity index (χ0v) is 24.1. The maximum atomic E-state index is 11.6. The van der Waals surface area contributed by atoms with Gasteiger partial charge in [0.1, 0.15) is 0 Å². The average Bonchev–Trinajstić information content (AvgIpc) is 3.17. The summed E-state index contributed by atoms with van der Waals surface area (Å²) >= 11 is 0. The van der Waals surface area contributed by atoms with E-state index in [9.17, 15) is 5.53 Å². The molecule has 0 radical (unpaired) electrons. The lowest BCUT2D eigenvalue weighted by Gasteiger charge is -2.16. The van der Waals surface area contributed by atoms with Crippen LogP contribution in [0.4, 0.5) is 0 Å². The normalized spacial score (nSPS) is 13.6. The molecule has 0 amide bonds. The molecule has 0 aliphatic carbocycles. The molecule has 194 valence electrons. The lowest BCUT2D eigenvalue weighted by molar-refractivity contribution is -0.344. The number of unbranched alkanes of at least 4 members (excludes halogenated alkanes) is 5. The van der Waals surface area contributed by atoms with E-state index in [1.54, 1.807) is 0 Å². The molecule has 0 unspecified atom stereocenters. The summed E-state index contributed by atoms with van der Waals surface area (Å²) in [6.07, 6.45) is 15.3. The topological polar surface area (TPSA) is 25.3 Å². The molecule has 0 N–H and O–H groups in total. The molecule has 2 nitrogen and oxygen atoms in total. The predicted molar refractivity (Wildman–Crippen MR) is 156 cm³/mol. The summed E-state index contributed by atoms with van der Waals surface area (Å²) in [5.41, 5.74) is 25.2. The minimum Gasteiger partial charge on any atom is -0.493 e. The van der Waals surface area contributed by atoms with Gasteiger partial charge < -0.3 is 5.53 Å². The third kappa shape index (κ3) is 6.44. The van der Waals surface area contributed by atoms with Crippen LogP contribution in [0.25, 0.3) is 16.9 Å². The van der Waals surface area contributed by atoms with Crippen molar-refractivity contribution in [1.29, 1.82) is 0 Å². The van der Waals surface area contributed by atoms with Crippen LogP contribution in [0.3, 0.4) is 0 Å². The number of hydrogen-bond donors (Lipinski definition) is 0. The lowest BCUT2D eigenvalue weighted by atomic mass is 9.93. The van der Waals surface area contributed by atoms with Crippen LogP contribution in [-0.4, -0.2) is 4.70 Å². The van der Waals surface area contributed by atoms with Gasteiger partial charge in [0.2, 0.25) is 11.4 Å². The molecule has 0 saturated heterocycles. The second-order valence-electron chi connectivity index (χ2n) is 10.9. The fourth-order valence-corrected chi connectivity index (χ4v) is 5.79. The van der Waals surface area contributed by atoms with Gasteiger partial charge in [-0.2, -0.15) is 0 Å². The molecule has 2 heteroatoms. The minimum atomic E-state index is 0.907. The Kier molecular flexibility index (Phi) is 10.3. The predicted octanol–water partition coefficient (Wildman–Crippen LogP) is 10.4. The first kappa shape index (κ1) is 28.1. The van der Waals surface area contributed by atoms with Crippen LogP contribution in [0.2, 0.25) is 0 Å². The van der Waals surface area contributed by atoms with E-state index < -0.39 is 0 Å². The Morgan fingerprint density at radius 3 is 1.47 bits per heavy atom. The van der Waals surface area contributed by atoms with Gasteiger partial charge in [0.25, 0.3) is 0 Å². The van der Waals surface area contributed by atoms with Crippen molar-refractivity contribution in [3.63, 3.8) is 0 Å². The monoisotopic (exact) mass is 484 g/mol. The van der Waals surface area contributed by atoms with E-state index in [1.165, 1.54) is 82.2 Å². The van der Waals surface area contributed by atoms with E-state index in [0.29, 0.717) is 0 Å². The summed E-state index contributed by atoms with van der Waals surface area (Å²) in [6.45, 7) is 15.7. The number of rotatable bonds is 13. The van der Waals surface area contributed by atoms with Crippen LogP contribution in [0.5, 0.6) is 0 Å². The molecule has 2 aromatic rings. The molecule has 2 aromatic carbocycles. The second kappa shape index (κ2) is 13.2. The summed E-state index contributed by atoms with van der Waals surface area (Å²) in [6, 6.07) is 9.14. The first-order chi connectivity index (χ1) is 17.3. The third-order valence-corrected chi connectivity index (χ3v) is 7.88. The minimum absolute atomic E-state index is 0.907. The van der Waals surface area contributed by atoms with Crippen LogP contribution >= 0.6 is 0 Å². The Morgan fingerprint density at radius 1 is 0.583 bits per heavy atom. The zero-order valence-electron chi connectivity index (χ0n) is 24.1. The van der Waals surface area contributed by atoms with Crippen molar-refractivity contribution in [3.8, 4) is 0 Å². The third-order valence-electron chi connectivity index (χ3n) is 7.88. The molecular weight excluding hydrogens is 436 g/mol. The maximum absolute atomic E-state index is 11.6. The highest BCUT2D eigenvalue weighted by Gasteiger charge is 2.29. The summed E-state index contributed by atoms with van der Waals surface area (Å²) < 4.78 is 1.47. The molecular formula is C34H48N2. The van der Waals surface area contributed by atoms with E-state index >= 15 is 0 Å². The van der Waals surface area contributed by atoms with E-state index in [1.807, 2.05) is 0 Å². The molecule has 0 saturated carbocycles. The van der Waals surface area contributed by atoms with Gasteiger partial charge in [-0.1, -0.05) is 52.9 Å². The number of benzene rings is 2. The Morgan fingerprint density at radius 2 is 1.03 bits per heavy atom. The molecule has 36 heavy (non-hydrogen) atoms. The summed E-state index contributed by atoms with van der Waals surface area (Å²) in [5, 5.41) is 0. The molecule has 0 bridgehead atoms. The number of nitrogens with zero attached hydrogens (tertiary/aromatic N) is 2. The molecule has 3 rings (SSSR count). The van der Waals surface area contributed by atoms with Gasteiger partial charge in [0.05, 0.1) is 0 Å². The highest BCUT2D eigenvalue weighted by atomic mass is 15.2. The average molecular weight is 485 g/mol. The second-order valence-corrected chi connectivity index (χ2v) is 10.9. The molecule has 0 aromatic heterocycles. The lowest BCUT2D eigenvalue weighted by Crippen LogP contribution is -2.06. The summed E-state index contributed by atoms with van der Waals surface area (Å²) in [5.74, 6) is 0. The first-order valence-corrected chi connectivity index (χ1v) is 14.5. The van der Waals surface area contributed by atoms with Crippen molar-refractivity contribution in [3.05, 3.63) is 86.0 Å². The van der Waals surface area contributed by atoms with Crippen LogP contribution < -0.4 is 0 Å². The Labute approximate surface area is 221 Å². The molecule has 1 heterocycles. The largest absolute Gasteiger partial charge is 0.493 e. The van der Waals surface area contributed by atoms with Gasteiger partial charge in [0, 0.05) is 22.8 Å². The van der Waals surface area contributed by atoms with Crippen molar-refractivity contribution in [1.82, 2.24) is 0 Å². The number of hydrogen-bond acceptors (Lipinski definition) is 0. The standard InChI is InChI=1S/C34H48N2/c1-8-11-14-17-31-24(4)19-29(20-25(31)5)33-23-28(16-13-10-3)34(36(33)35)30-21-26(6)32(27(7)22-30)18-15-12-9-2/h19-23H,8-18H2,1-7H3. The SMILES string of the molecule is CCCCCc1c(C)cc(C2=CC(CCCC)=C(c3cc(C)c(CCCCC)c(C)c3)[N+]2=[N-])cc1C.